The Morgan fingerprint density at radius 2 is 2.38 bits per heavy atom. The molecule has 0 amide bonds. The first-order valence-electron chi connectivity index (χ1n) is 5.33. The lowest BCUT2D eigenvalue weighted by Crippen LogP contribution is -2.10. The second-order valence-corrected chi connectivity index (χ2v) is 3.44. The summed E-state index contributed by atoms with van der Waals surface area (Å²) < 4.78 is 6.93. The van der Waals surface area contributed by atoms with Gasteiger partial charge < -0.3 is 14.4 Å². The number of imidazole rings is 1. The van der Waals surface area contributed by atoms with E-state index < -0.39 is 0 Å². The van der Waals surface area contributed by atoms with E-state index in [1.165, 1.54) is 0 Å². The van der Waals surface area contributed by atoms with Crippen LogP contribution >= 0.6 is 0 Å². The van der Waals surface area contributed by atoms with Crippen molar-refractivity contribution in [3.05, 3.63) is 24.1 Å². The van der Waals surface area contributed by atoms with Crippen LogP contribution in [0.15, 0.2) is 16.9 Å². The monoisotopic (exact) mass is 221 g/mol. The molecule has 0 aliphatic heterocycles. The normalized spacial score (nSPS) is 10.6. The highest BCUT2D eigenvalue weighted by Crippen LogP contribution is 2.04. The van der Waals surface area contributed by atoms with Gasteiger partial charge in [-0.15, -0.1) is 0 Å². The summed E-state index contributed by atoms with van der Waals surface area (Å²) in [7, 11) is 0. The summed E-state index contributed by atoms with van der Waals surface area (Å²) in [5.41, 5.74) is 0. The Morgan fingerprint density at radius 3 is 3.06 bits per heavy atom. The number of hydrogen-bond donors (Lipinski definition) is 1. The van der Waals surface area contributed by atoms with Crippen molar-refractivity contribution in [1.82, 2.24) is 19.7 Å². The van der Waals surface area contributed by atoms with Crippen LogP contribution in [0.2, 0.25) is 0 Å². The molecule has 2 heterocycles. The summed E-state index contributed by atoms with van der Waals surface area (Å²) >= 11 is 0. The van der Waals surface area contributed by atoms with E-state index in [4.69, 9.17) is 4.52 Å². The van der Waals surface area contributed by atoms with E-state index >= 15 is 0 Å². The fourth-order valence-electron chi connectivity index (χ4n) is 1.46. The van der Waals surface area contributed by atoms with E-state index in [1.807, 2.05) is 10.8 Å². The van der Waals surface area contributed by atoms with Crippen LogP contribution in [-0.2, 0) is 13.0 Å². The molecular formula is C10H15N5O. The van der Waals surface area contributed by atoms with Crippen LogP contribution in [0.3, 0.4) is 0 Å². The standard InChI is InChI=1S/C10H15N5O/c1-3-15-7-6-12-10(15)11-5-4-9-13-8(2)16-14-9/h6-7H,3-5H2,1-2H3,(H,11,12). The van der Waals surface area contributed by atoms with E-state index in [9.17, 15) is 0 Å². The number of anilines is 1. The molecule has 0 unspecified atom stereocenters. The lowest BCUT2D eigenvalue weighted by Gasteiger charge is -2.05. The third-order valence-corrected chi connectivity index (χ3v) is 2.26. The van der Waals surface area contributed by atoms with Gasteiger partial charge in [-0.1, -0.05) is 5.16 Å². The maximum atomic E-state index is 4.89. The minimum atomic E-state index is 0.602. The van der Waals surface area contributed by atoms with Crippen LogP contribution in [0, 0.1) is 6.92 Å². The molecule has 0 bridgehead atoms. The smallest absolute Gasteiger partial charge is 0.223 e. The van der Waals surface area contributed by atoms with Crippen LogP contribution in [-0.4, -0.2) is 26.2 Å². The highest BCUT2D eigenvalue weighted by atomic mass is 16.5. The fraction of sp³-hybridized carbons (Fsp3) is 0.500. The minimum absolute atomic E-state index is 0.602. The van der Waals surface area contributed by atoms with Gasteiger partial charge in [-0.05, 0) is 6.92 Å². The number of nitrogens with zero attached hydrogens (tertiary/aromatic N) is 4. The molecular weight excluding hydrogens is 206 g/mol. The summed E-state index contributed by atoms with van der Waals surface area (Å²) in [5, 5.41) is 7.06. The first-order valence-corrected chi connectivity index (χ1v) is 5.33. The van der Waals surface area contributed by atoms with E-state index in [0.29, 0.717) is 5.89 Å². The van der Waals surface area contributed by atoms with Crippen LogP contribution in [0.25, 0.3) is 0 Å². The lowest BCUT2D eigenvalue weighted by atomic mass is 10.4. The molecule has 0 spiro atoms. The van der Waals surface area contributed by atoms with Crippen molar-refractivity contribution < 1.29 is 4.52 Å². The molecule has 2 aromatic rings. The molecule has 16 heavy (non-hydrogen) atoms. The van der Waals surface area contributed by atoms with Crippen molar-refractivity contribution in [3.63, 3.8) is 0 Å². The van der Waals surface area contributed by atoms with Crippen molar-refractivity contribution in [3.8, 4) is 0 Å². The van der Waals surface area contributed by atoms with Gasteiger partial charge in [-0.2, -0.15) is 4.98 Å². The van der Waals surface area contributed by atoms with E-state index in [1.54, 1.807) is 13.1 Å². The fourth-order valence-corrected chi connectivity index (χ4v) is 1.46. The van der Waals surface area contributed by atoms with Gasteiger partial charge in [0.05, 0.1) is 0 Å². The largest absolute Gasteiger partial charge is 0.355 e. The van der Waals surface area contributed by atoms with Crippen LogP contribution in [0.1, 0.15) is 18.6 Å². The number of rotatable bonds is 5. The van der Waals surface area contributed by atoms with Crippen molar-refractivity contribution in [2.24, 2.45) is 0 Å². The molecule has 0 aliphatic rings. The van der Waals surface area contributed by atoms with Crippen molar-refractivity contribution >= 4 is 5.95 Å². The number of hydrogen-bond acceptors (Lipinski definition) is 5. The number of nitrogens with one attached hydrogen (secondary N) is 1. The molecule has 2 aromatic heterocycles. The molecule has 6 heteroatoms. The summed E-state index contributed by atoms with van der Waals surface area (Å²) in [6, 6.07) is 0. The van der Waals surface area contributed by atoms with Crippen molar-refractivity contribution in [2.45, 2.75) is 26.8 Å². The average molecular weight is 221 g/mol. The highest BCUT2D eigenvalue weighted by molar-refractivity contribution is 5.25. The zero-order chi connectivity index (χ0) is 11.4. The molecule has 0 saturated heterocycles. The SMILES string of the molecule is CCn1ccnc1NCCc1noc(C)n1. The molecule has 0 aliphatic carbocycles. The van der Waals surface area contributed by atoms with Crippen LogP contribution in [0.4, 0.5) is 5.95 Å². The molecule has 2 rings (SSSR count). The van der Waals surface area contributed by atoms with Crippen molar-refractivity contribution in [2.75, 3.05) is 11.9 Å². The second kappa shape index (κ2) is 4.78. The highest BCUT2D eigenvalue weighted by Gasteiger charge is 2.03. The summed E-state index contributed by atoms with van der Waals surface area (Å²) in [6.07, 6.45) is 4.46. The third kappa shape index (κ3) is 2.39. The zero-order valence-corrected chi connectivity index (χ0v) is 9.47. The Hall–Kier alpha value is -1.85. The molecule has 6 nitrogen and oxygen atoms in total. The van der Waals surface area contributed by atoms with Crippen molar-refractivity contribution in [1.29, 1.82) is 0 Å². The molecule has 0 radical (unpaired) electrons. The molecule has 1 N–H and O–H groups in total. The van der Waals surface area contributed by atoms with Gasteiger partial charge in [0.2, 0.25) is 11.8 Å². The molecule has 0 atom stereocenters. The van der Waals surface area contributed by atoms with Crippen LogP contribution < -0.4 is 5.32 Å². The van der Waals surface area contributed by atoms with Gasteiger partial charge in [0.15, 0.2) is 5.82 Å². The summed E-state index contributed by atoms with van der Waals surface area (Å²) in [6.45, 7) is 5.52. The first-order chi connectivity index (χ1) is 7.79. The minimum Gasteiger partial charge on any atom is -0.355 e. The Bertz CT molecular complexity index is 448. The van der Waals surface area contributed by atoms with Gasteiger partial charge >= 0.3 is 0 Å². The third-order valence-electron chi connectivity index (χ3n) is 2.26. The lowest BCUT2D eigenvalue weighted by molar-refractivity contribution is 0.387. The predicted molar refractivity (Wildman–Crippen MR) is 59.1 cm³/mol. The van der Waals surface area contributed by atoms with E-state index in [2.05, 4.69) is 27.4 Å². The van der Waals surface area contributed by atoms with Gasteiger partial charge in [-0.3, -0.25) is 0 Å². The topological polar surface area (TPSA) is 68.8 Å². The first kappa shape index (κ1) is 10.7. The Kier molecular flexibility index (Phi) is 3.19. The number of aromatic nitrogens is 4. The van der Waals surface area contributed by atoms with Gasteiger partial charge in [0.1, 0.15) is 0 Å². The average Bonchev–Trinajstić information content (AvgIpc) is 2.87. The van der Waals surface area contributed by atoms with Gasteiger partial charge in [0, 0.05) is 38.8 Å². The molecule has 0 fully saturated rings. The Balaban J connectivity index is 1.84. The Morgan fingerprint density at radius 1 is 1.50 bits per heavy atom. The molecule has 0 aromatic carbocycles. The van der Waals surface area contributed by atoms with Gasteiger partial charge in [0.25, 0.3) is 0 Å². The van der Waals surface area contributed by atoms with Gasteiger partial charge in [-0.25, -0.2) is 4.98 Å². The van der Waals surface area contributed by atoms with E-state index in [-0.39, 0.29) is 0 Å². The predicted octanol–water partition coefficient (Wildman–Crippen LogP) is 1.25. The molecule has 0 saturated carbocycles. The number of aryl methyl sites for hydroxylation is 2. The summed E-state index contributed by atoms with van der Waals surface area (Å²) in [4.78, 5) is 8.34. The quantitative estimate of drug-likeness (QED) is 0.822. The summed E-state index contributed by atoms with van der Waals surface area (Å²) in [5.74, 6) is 2.20. The van der Waals surface area contributed by atoms with Crippen LogP contribution in [0.5, 0.6) is 0 Å². The second-order valence-electron chi connectivity index (χ2n) is 3.44. The zero-order valence-electron chi connectivity index (χ0n) is 9.47. The maximum Gasteiger partial charge on any atom is 0.223 e. The Labute approximate surface area is 93.7 Å². The molecule has 86 valence electrons. The maximum absolute atomic E-state index is 4.89. The van der Waals surface area contributed by atoms with E-state index in [0.717, 1.165) is 31.3 Å².